The average Bonchev–Trinajstić information content (AvgIpc) is 3.01. The number of hydrogen-bond acceptors (Lipinski definition) is 4. The second-order valence-electron chi connectivity index (χ2n) is 6.53. The second-order valence-corrected chi connectivity index (χ2v) is 6.53. The third kappa shape index (κ3) is 1.55. The van der Waals surface area contributed by atoms with Crippen LogP contribution in [0.3, 0.4) is 0 Å². The number of rotatable bonds is 0. The molecule has 3 aliphatic rings. The van der Waals surface area contributed by atoms with Crippen molar-refractivity contribution in [1.29, 1.82) is 21.2 Å². The van der Waals surface area contributed by atoms with E-state index in [9.17, 15) is 15.8 Å². The van der Waals surface area contributed by atoms with Gasteiger partial charge in [-0.05, 0) is 42.6 Å². The summed E-state index contributed by atoms with van der Waals surface area (Å²) in [7, 11) is 0. The third-order valence-corrected chi connectivity index (χ3v) is 5.84. The second kappa shape index (κ2) is 4.71. The van der Waals surface area contributed by atoms with Crippen molar-refractivity contribution in [2.75, 3.05) is 0 Å². The molecule has 0 heterocycles. The molecule has 0 radical (unpaired) electrons. The van der Waals surface area contributed by atoms with Crippen molar-refractivity contribution >= 4 is 5.71 Å². The van der Waals surface area contributed by atoms with Gasteiger partial charge in [-0.25, -0.2) is 0 Å². The van der Waals surface area contributed by atoms with Crippen molar-refractivity contribution in [2.45, 2.75) is 44.9 Å². The molecular weight excluding hydrogens is 260 g/mol. The first-order valence-electron chi connectivity index (χ1n) is 7.68. The first kappa shape index (κ1) is 13.8. The summed E-state index contributed by atoms with van der Waals surface area (Å²) in [5.74, 6) is -0.451. The molecule has 1 spiro atoms. The zero-order chi connectivity index (χ0) is 15.1. The van der Waals surface area contributed by atoms with Gasteiger partial charge in [0.25, 0.3) is 0 Å². The fourth-order valence-electron chi connectivity index (χ4n) is 4.89. The van der Waals surface area contributed by atoms with Crippen LogP contribution < -0.4 is 0 Å². The lowest BCUT2D eigenvalue weighted by molar-refractivity contribution is 0.0772. The molecule has 0 amide bonds. The summed E-state index contributed by atoms with van der Waals surface area (Å²) in [6.07, 6.45) is 9.02. The molecule has 0 aromatic rings. The molecule has 1 unspecified atom stereocenters. The average molecular weight is 278 g/mol. The van der Waals surface area contributed by atoms with Crippen LogP contribution in [0.2, 0.25) is 0 Å². The molecule has 3 rings (SSSR count). The lowest BCUT2D eigenvalue weighted by Crippen LogP contribution is -2.54. The standard InChI is InChI=1S/C17H18N4/c18-9-14-15(21)17(10-19,11-20)13-6-4-5-12(13)16(14)7-2-1-3-8-16/h6,12,14,21H,1-5,7-8H2/t12-,14?/m0/s1. The van der Waals surface area contributed by atoms with Gasteiger partial charge in [0, 0.05) is 0 Å². The Kier molecular flexibility index (Phi) is 3.11. The van der Waals surface area contributed by atoms with Crippen LogP contribution in [-0.4, -0.2) is 5.71 Å². The molecule has 0 bridgehead atoms. The van der Waals surface area contributed by atoms with Crippen LogP contribution in [-0.2, 0) is 0 Å². The zero-order valence-corrected chi connectivity index (χ0v) is 12.0. The van der Waals surface area contributed by atoms with Gasteiger partial charge in [-0.3, -0.25) is 0 Å². The Morgan fingerprint density at radius 1 is 1.10 bits per heavy atom. The van der Waals surface area contributed by atoms with E-state index in [1.54, 1.807) is 0 Å². The van der Waals surface area contributed by atoms with Gasteiger partial charge in [-0.2, -0.15) is 15.8 Å². The minimum Gasteiger partial charge on any atom is -0.305 e. The Hall–Kier alpha value is -2.12. The fraction of sp³-hybridized carbons (Fsp3) is 0.647. The molecule has 0 aliphatic heterocycles. The Morgan fingerprint density at radius 2 is 1.76 bits per heavy atom. The molecule has 106 valence electrons. The molecule has 4 nitrogen and oxygen atoms in total. The number of hydrogen-bond donors (Lipinski definition) is 1. The summed E-state index contributed by atoms with van der Waals surface area (Å²) in [5, 5.41) is 37.3. The van der Waals surface area contributed by atoms with Gasteiger partial charge in [0.1, 0.15) is 0 Å². The van der Waals surface area contributed by atoms with E-state index in [2.05, 4.69) is 18.2 Å². The molecule has 2 atom stereocenters. The summed E-state index contributed by atoms with van der Waals surface area (Å²) >= 11 is 0. The normalized spacial score (nSPS) is 32.4. The summed E-state index contributed by atoms with van der Waals surface area (Å²) < 4.78 is 0. The third-order valence-electron chi connectivity index (χ3n) is 5.84. The number of nitriles is 3. The van der Waals surface area contributed by atoms with Crippen LogP contribution in [0.15, 0.2) is 11.6 Å². The minimum atomic E-state index is -1.50. The fourth-order valence-corrected chi connectivity index (χ4v) is 4.89. The first-order valence-corrected chi connectivity index (χ1v) is 7.68. The topological polar surface area (TPSA) is 95.2 Å². The van der Waals surface area contributed by atoms with Crippen LogP contribution in [0.25, 0.3) is 0 Å². The maximum atomic E-state index is 9.69. The minimum absolute atomic E-state index is 0.0290. The molecule has 0 saturated heterocycles. The van der Waals surface area contributed by atoms with Gasteiger partial charge in [-0.15, -0.1) is 0 Å². The predicted molar refractivity (Wildman–Crippen MR) is 76.8 cm³/mol. The van der Waals surface area contributed by atoms with Gasteiger partial charge in [-0.1, -0.05) is 25.3 Å². The van der Waals surface area contributed by atoms with E-state index >= 15 is 0 Å². The zero-order valence-electron chi connectivity index (χ0n) is 12.0. The van der Waals surface area contributed by atoms with E-state index in [1.807, 2.05) is 6.08 Å². The van der Waals surface area contributed by atoms with E-state index in [0.717, 1.165) is 44.1 Å². The highest BCUT2D eigenvalue weighted by Gasteiger charge is 2.62. The Morgan fingerprint density at radius 3 is 2.33 bits per heavy atom. The molecule has 2 fully saturated rings. The van der Waals surface area contributed by atoms with Crippen molar-refractivity contribution in [3.05, 3.63) is 11.6 Å². The molecule has 2 saturated carbocycles. The summed E-state index contributed by atoms with van der Waals surface area (Å²) in [5.41, 5.74) is -0.847. The van der Waals surface area contributed by atoms with Gasteiger partial charge in [0.15, 0.2) is 0 Å². The van der Waals surface area contributed by atoms with Gasteiger partial charge in [0.05, 0.1) is 29.8 Å². The first-order chi connectivity index (χ1) is 10.2. The highest BCUT2D eigenvalue weighted by atomic mass is 14.7. The van der Waals surface area contributed by atoms with E-state index in [4.69, 9.17) is 5.41 Å². The van der Waals surface area contributed by atoms with Gasteiger partial charge in [0.2, 0.25) is 5.41 Å². The lowest BCUT2D eigenvalue weighted by atomic mass is 9.47. The van der Waals surface area contributed by atoms with Crippen LogP contribution in [0, 0.1) is 62.1 Å². The van der Waals surface area contributed by atoms with Crippen molar-refractivity contribution in [3.8, 4) is 18.2 Å². The van der Waals surface area contributed by atoms with E-state index in [1.165, 1.54) is 6.42 Å². The molecule has 3 aliphatic carbocycles. The van der Waals surface area contributed by atoms with Gasteiger partial charge < -0.3 is 5.41 Å². The van der Waals surface area contributed by atoms with E-state index < -0.39 is 11.3 Å². The molecule has 0 aromatic carbocycles. The largest absolute Gasteiger partial charge is 0.305 e. The molecule has 21 heavy (non-hydrogen) atoms. The van der Waals surface area contributed by atoms with Gasteiger partial charge >= 0.3 is 0 Å². The highest BCUT2D eigenvalue weighted by molar-refractivity contribution is 6.01. The maximum Gasteiger partial charge on any atom is 0.203 e. The van der Waals surface area contributed by atoms with Crippen molar-refractivity contribution < 1.29 is 0 Å². The summed E-state index contributed by atoms with van der Waals surface area (Å²) in [6.45, 7) is 0. The SMILES string of the molecule is N#CC1C(=N)C(C#N)(C#N)C2=CCC[C@@H]2C12CCCCC2. The molecule has 4 heteroatoms. The predicted octanol–water partition coefficient (Wildman–Crippen LogP) is 3.48. The molecule has 0 aromatic heterocycles. The Balaban J connectivity index is 2.19. The Labute approximate surface area is 125 Å². The van der Waals surface area contributed by atoms with E-state index in [-0.39, 0.29) is 17.0 Å². The van der Waals surface area contributed by atoms with Crippen LogP contribution in [0.5, 0.6) is 0 Å². The number of allylic oxidation sites excluding steroid dienone is 2. The molecular formula is C17H18N4. The number of nitrogens with zero attached hydrogens (tertiary/aromatic N) is 3. The summed E-state index contributed by atoms with van der Waals surface area (Å²) in [4.78, 5) is 0. The highest BCUT2D eigenvalue weighted by Crippen LogP contribution is 2.62. The lowest BCUT2D eigenvalue weighted by Gasteiger charge is -2.52. The Bertz CT molecular complexity index is 617. The van der Waals surface area contributed by atoms with Crippen LogP contribution >= 0.6 is 0 Å². The monoisotopic (exact) mass is 278 g/mol. The van der Waals surface area contributed by atoms with Crippen LogP contribution in [0.1, 0.15) is 44.9 Å². The van der Waals surface area contributed by atoms with Crippen molar-refractivity contribution in [3.63, 3.8) is 0 Å². The van der Waals surface area contributed by atoms with Crippen LogP contribution in [0.4, 0.5) is 0 Å². The number of fused-ring (bicyclic) bond motifs is 2. The molecule has 1 N–H and O–H groups in total. The number of nitrogens with one attached hydrogen (secondary N) is 1. The summed E-state index contributed by atoms with van der Waals surface area (Å²) in [6, 6.07) is 6.44. The quantitative estimate of drug-likeness (QED) is 0.687. The smallest absolute Gasteiger partial charge is 0.203 e. The van der Waals surface area contributed by atoms with Crippen molar-refractivity contribution in [1.82, 2.24) is 0 Å². The maximum absolute atomic E-state index is 9.69. The van der Waals surface area contributed by atoms with E-state index in [0.29, 0.717) is 0 Å². The van der Waals surface area contributed by atoms with Crippen molar-refractivity contribution in [2.24, 2.45) is 22.7 Å².